The molecule has 0 aromatic heterocycles. The van der Waals surface area contributed by atoms with Gasteiger partial charge in [0.2, 0.25) is 0 Å². The van der Waals surface area contributed by atoms with E-state index in [1.54, 1.807) is 0 Å². The van der Waals surface area contributed by atoms with Crippen LogP contribution in [0.3, 0.4) is 0 Å². The van der Waals surface area contributed by atoms with Crippen LogP contribution in [0.4, 0.5) is 0 Å². The number of morpholine rings is 1. The first-order valence-corrected chi connectivity index (χ1v) is 6.32. The van der Waals surface area contributed by atoms with Crippen LogP contribution in [0.15, 0.2) is 0 Å². The highest BCUT2D eigenvalue weighted by Gasteiger charge is 2.24. The third kappa shape index (κ3) is 3.44. The third-order valence-corrected chi connectivity index (χ3v) is 3.47. The van der Waals surface area contributed by atoms with Gasteiger partial charge in [-0.2, -0.15) is 0 Å². The van der Waals surface area contributed by atoms with E-state index in [1.807, 2.05) is 0 Å². The zero-order chi connectivity index (χ0) is 10.7. The predicted octanol–water partition coefficient (Wildman–Crippen LogP) is 1.10. The molecule has 2 aliphatic heterocycles. The summed E-state index contributed by atoms with van der Waals surface area (Å²) in [5.74, 6) is 0.906. The van der Waals surface area contributed by atoms with Crippen molar-refractivity contribution in [2.75, 3.05) is 32.7 Å². The molecule has 0 aromatic carbocycles. The second-order valence-corrected chi connectivity index (χ2v) is 5.17. The lowest BCUT2D eigenvalue weighted by Gasteiger charge is -2.38. The topological polar surface area (TPSA) is 24.5 Å². The van der Waals surface area contributed by atoms with Crippen LogP contribution < -0.4 is 5.32 Å². The zero-order valence-electron chi connectivity index (χ0n) is 10.0. The summed E-state index contributed by atoms with van der Waals surface area (Å²) in [6.07, 6.45) is 3.52. The van der Waals surface area contributed by atoms with Crippen molar-refractivity contribution in [2.24, 2.45) is 5.92 Å². The van der Waals surface area contributed by atoms with E-state index in [-0.39, 0.29) is 0 Å². The van der Waals surface area contributed by atoms with Crippen LogP contribution in [0, 0.1) is 5.92 Å². The van der Waals surface area contributed by atoms with E-state index >= 15 is 0 Å². The lowest BCUT2D eigenvalue weighted by atomic mass is 9.97. The molecule has 0 spiro atoms. The fourth-order valence-corrected chi connectivity index (χ4v) is 2.86. The first-order chi connectivity index (χ1) is 7.24. The van der Waals surface area contributed by atoms with Gasteiger partial charge in [0.1, 0.15) is 0 Å². The summed E-state index contributed by atoms with van der Waals surface area (Å²) in [4.78, 5) is 2.59. The Bertz CT molecular complexity index is 182. The SMILES string of the molecule is CC1CN(CC2CCNCC2)CC(C)O1. The molecule has 0 radical (unpaired) electrons. The fraction of sp³-hybridized carbons (Fsp3) is 1.00. The average Bonchev–Trinajstić information content (AvgIpc) is 2.17. The van der Waals surface area contributed by atoms with Crippen LogP contribution in [0.1, 0.15) is 26.7 Å². The van der Waals surface area contributed by atoms with Gasteiger partial charge in [-0.1, -0.05) is 0 Å². The maximum absolute atomic E-state index is 5.75. The third-order valence-electron chi connectivity index (χ3n) is 3.47. The van der Waals surface area contributed by atoms with E-state index in [1.165, 1.54) is 32.5 Å². The van der Waals surface area contributed by atoms with Crippen molar-refractivity contribution < 1.29 is 4.74 Å². The molecule has 2 atom stereocenters. The van der Waals surface area contributed by atoms with Gasteiger partial charge >= 0.3 is 0 Å². The van der Waals surface area contributed by atoms with Gasteiger partial charge in [-0.05, 0) is 45.7 Å². The second-order valence-electron chi connectivity index (χ2n) is 5.17. The Morgan fingerprint density at radius 1 is 1.13 bits per heavy atom. The molecule has 2 rings (SSSR count). The molecule has 1 N–H and O–H groups in total. The highest BCUT2D eigenvalue weighted by atomic mass is 16.5. The molecule has 15 heavy (non-hydrogen) atoms. The van der Waals surface area contributed by atoms with Gasteiger partial charge in [-0.3, -0.25) is 4.90 Å². The van der Waals surface area contributed by atoms with Crippen molar-refractivity contribution in [1.82, 2.24) is 10.2 Å². The van der Waals surface area contributed by atoms with Crippen molar-refractivity contribution >= 4 is 0 Å². The second kappa shape index (κ2) is 5.28. The Morgan fingerprint density at radius 2 is 1.73 bits per heavy atom. The molecule has 0 saturated carbocycles. The summed E-state index contributed by atoms with van der Waals surface area (Å²) in [5.41, 5.74) is 0. The van der Waals surface area contributed by atoms with Gasteiger partial charge in [-0.25, -0.2) is 0 Å². The highest BCUT2D eigenvalue weighted by Crippen LogP contribution is 2.17. The molecule has 2 saturated heterocycles. The lowest BCUT2D eigenvalue weighted by Crippen LogP contribution is -2.48. The Balaban J connectivity index is 1.77. The smallest absolute Gasteiger partial charge is 0.0678 e. The number of hydrogen-bond donors (Lipinski definition) is 1. The quantitative estimate of drug-likeness (QED) is 0.742. The monoisotopic (exact) mass is 212 g/mol. The molecular formula is C12H24N2O. The summed E-state index contributed by atoms with van der Waals surface area (Å²) < 4.78 is 5.75. The molecule has 0 bridgehead atoms. The molecule has 3 nitrogen and oxygen atoms in total. The highest BCUT2D eigenvalue weighted by molar-refractivity contribution is 4.78. The summed E-state index contributed by atoms with van der Waals surface area (Å²) in [5, 5.41) is 3.43. The van der Waals surface area contributed by atoms with E-state index in [0.29, 0.717) is 12.2 Å². The van der Waals surface area contributed by atoms with Crippen LogP contribution in [-0.2, 0) is 4.74 Å². The maximum atomic E-state index is 5.75. The normalized spacial score (nSPS) is 35.6. The van der Waals surface area contributed by atoms with E-state index in [0.717, 1.165) is 19.0 Å². The van der Waals surface area contributed by atoms with Crippen molar-refractivity contribution in [3.8, 4) is 0 Å². The van der Waals surface area contributed by atoms with Crippen LogP contribution in [-0.4, -0.2) is 49.8 Å². The molecule has 2 heterocycles. The van der Waals surface area contributed by atoms with Crippen LogP contribution in [0.25, 0.3) is 0 Å². The number of rotatable bonds is 2. The Labute approximate surface area is 93.2 Å². The average molecular weight is 212 g/mol. The molecule has 3 heteroatoms. The predicted molar refractivity (Wildman–Crippen MR) is 62.0 cm³/mol. The summed E-state index contributed by atoms with van der Waals surface area (Å²) in [6, 6.07) is 0. The van der Waals surface area contributed by atoms with Gasteiger partial charge in [0.15, 0.2) is 0 Å². The first-order valence-electron chi connectivity index (χ1n) is 6.32. The minimum absolute atomic E-state index is 0.412. The maximum Gasteiger partial charge on any atom is 0.0678 e. The zero-order valence-corrected chi connectivity index (χ0v) is 10.0. The summed E-state index contributed by atoms with van der Waals surface area (Å²) in [6.45, 7) is 10.3. The molecule has 2 fully saturated rings. The molecule has 0 amide bonds. The van der Waals surface area contributed by atoms with E-state index < -0.39 is 0 Å². The standard InChI is InChI=1S/C12H24N2O/c1-10-7-14(8-11(2)15-10)9-12-3-5-13-6-4-12/h10-13H,3-9H2,1-2H3. The van der Waals surface area contributed by atoms with Gasteiger partial charge in [0, 0.05) is 19.6 Å². The van der Waals surface area contributed by atoms with E-state index in [2.05, 4.69) is 24.1 Å². The number of ether oxygens (including phenoxy) is 1. The molecule has 2 unspecified atom stereocenters. The largest absolute Gasteiger partial charge is 0.373 e. The van der Waals surface area contributed by atoms with Gasteiger partial charge < -0.3 is 10.1 Å². The van der Waals surface area contributed by atoms with Crippen molar-refractivity contribution in [3.05, 3.63) is 0 Å². The van der Waals surface area contributed by atoms with Crippen molar-refractivity contribution in [1.29, 1.82) is 0 Å². The Hall–Kier alpha value is -0.120. The molecular weight excluding hydrogens is 188 g/mol. The molecule has 0 aliphatic carbocycles. The Kier molecular flexibility index (Phi) is 4.00. The molecule has 0 aromatic rings. The van der Waals surface area contributed by atoms with Crippen LogP contribution in [0.5, 0.6) is 0 Å². The number of piperidine rings is 1. The van der Waals surface area contributed by atoms with Crippen molar-refractivity contribution in [2.45, 2.75) is 38.9 Å². The molecule has 2 aliphatic rings. The van der Waals surface area contributed by atoms with Crippen LogP contribution >= 0.6 is 0 Å². The van der Waals surface area contributed by atoms with E-state index in [9.17, 15) is 0 Å². The molecule has 88 valence electrons. The van der Waals surface area contributed by atoms with Crippen LogP contribution in [0.2, 0.25) is 0 Å². The number of hydrogen-bond acceptors (Lipinski definition) is 3. The fourth-order valence-electron chi connectivity index (χ4n) is 2.86. The van der Waals surface area contributed by atoms with E-state index in [4.69, 9.17) is 4.74 Å². The Morgan fingerprint density at radius 3 is 2.33 bits per heavy atom. The van der Waals surface area contributed by atoms with Crippen molar-refractivity contribution in [3.63, 3.8) is 0 Å². The number of nitrogens with one attached hydrogen (secondary N) is 1. The van der Waals surface area contributed by atoms with Gasteiger partial charge in [0.05, 0.1) is 12.2 Å². The minimum atomic E-state index is 0.412. The first kappa shape index (κ1) is 11.4. The minimum Gasteiger partial charge on any atom is -0.373 e. The van der Waals surface area contributed by atoms with Gasteiger partial charge in [0.25, 0.3) is 0 Å². The summed E-state index contributed by atoms with van der Waals surface area (Å²) >= 11 is 0. The summed E-state index contributed by atoms with van der Waals surface area (Å²) in [7, 11) is 0. The van der Waals surface area contributed by atoms with Gasteiger partial charge in [-0.15, -0.1) is 0 Å². The lowest BCUT2D eigenvalue weighted by molar-refractivity contribution is -0.0722. The number of nitrogens with zero attached hydrogens (tertiary/aromatic N) is 1.